The maximum atomic E-state index is 2.67. The standard InChI is InChI=1S/C21H32N2/c1-22-12-14-23(15-13-22)11-3-2-8-21-19-9-4-6-17(19)16-18-7-5-10-20(18)21/h16H,2-15H2,1H3. The maximum Gasteiger partial charge on any atom is 0.0110 e. The molecule has 0 N–H and O–H groups in total. The lowest BCUT2D eigenvalue weighted by molar-refractivity contribution is 0.152. The van der Waals surface area contributed by atoms with Gasteiger partial charge >= 0.3 is 0 Å². The Kier molecular flexibility index (Phi) is 4.73. The van der Waals surface area contributed by atoms with Gasteiger partial charge in [-0.1, -0.05) is 6.07 Å². The Morgan fingerprint density at radius 1 is 0.826 bits per heavy atom. The zero-order chi connectivity index (χ0) is 15.6. The average molecular weight is 313 g/mol. The van der Waals surface area contributed by atoms with E-state index in [9.17, 15) is 0 Å². The largest absolute Gasteiger partial charge is 0.304 e. The van der Waals surface area contributed by atoms with Crippen molar-refractivity contribution in [2.24, 2.45) is 0 Å². The molecule has 1 aliphatic heterocycles. The molecule has 0 bridgehead atoms. The van der Waals surface area contributed by atoms with Crippen molar-refractivity contribution in [3.8, 4) is 0 Å². The van der Waals surface area contributed by atoms with Crippen LogP contribution in [0.15, 0.2) is 6.07 Å². The van der Waals surface area contributed by atoms with E-state index in [0.29, 0.717) is 0 Å². The third kappa shape index (κ3) is 3.34. The van der Waals surface area contributed by atoms with E-state index in [1.54, 1.807) is 27.8 Å². The lowest BCUT2D eigenvalue weighted by Crippen LogP contribution is -2.44. The van der Waals surface area contributed by atoms with Crippen molar-refractivity contribution >= 4 is 0 Å². The minimum Gasteiger partial charge on any atom is -0.304 e. The average Bonchev–Trinajstić information content (AvgIpc) is 3.20. The van der Waals surface area contributed by atoms with Crippen molar-refractivity contribution in [1.82, 2.24) is 9.80 Å². The molecule has 3 aliphatic rings. The van der Waals surface area contributed by atoms with Gasteiger partial charge in [0.2, 0.25) is 0 Å². The number of piperazine rings is 1. The highest BCUT2D eigenvalue weighted by molar-refractivity contribution is 5.50. The molecule has 0 unspecified atom stereocenters. The van der Waals surface area contributed by atoms with Crippen LogP contribution in [0.1, 0.15) is 53.5 Å². The first-order chi connectivity index (χ1) is 11.3. The van der Waals surface area contributed by atoms with Crippen LogP contribution in [0.4, 0.5) is 0 Å². The van der Waals surface area contributed by atoms with E-state index in [1.165, 1.54) is 90.5 Å². The molecule has 0 spiro atoms. The van der Waals surface area contributed by atoms with Gasteiger partial charge in [0, 0.05) is 26.2 Å². The Hall–Kier alpha value is -0.860. The SMILES string of the molecule is CN1CCN(CCCCc2c3c(cc4c2CCC4)CCC3)CC1. The van der Waals surface area contributed by atoms with Crippen molar-refractivity contribution in [2.45, 2.75) is 57.8 Å². The number of unbranched alkanes of at least 4 members (excludes halogenated alkanes) is 1. The second-order valence-electron chi connectivity index (χ2n) is 7.94. The molecule has 1 saturated heterocycles. The van der Waals surface area contributed by atoms with Crippen LogP contribution in [0.5, 0.6) is 0 Å². The molecule has 0 amide bonds. The number of rotatable bonds is 5. The molecule has 4 rings (SSSR count). The van der Waals surface area contributed by atoms with Gasteiger partial charge in [0.15, 0.2) is 0 Å². The predicted octanol–water partition coefficient (Wildman–Crippen LogP) is 3.23. The van der Waals surface area contributed by atoms with E-state index in [4.69, 9.17) is 0 Å². The van der Waals surface area contributed by atoms with E-state index in [2.05, 4.69) is 22.9 Å². The summed E-state index contributed by atoms with van der Waals surface area (Å²) in [6.07, 6.45) is 12.3. The molecular formula is C21H32N2. The highest BCUT2D eigenvalue weighted by Crippen LogP contribution is 2.35. The van der Waals surface area contributed by atoms with Crippen LogP contribution in [0.3, 0.4) is 0 Å². The van der Waals surface area contributed by atoms with Gasteiger partial charge in [0.1, 0.15) is 0 Å². The van der Waals surface area contributed by atoms with Gasteiger partial charge in [0.25, 0.3) is 0 Å². The summed E-state index contributed by atoms with van der Waals surface area (Å²) in [6, 6.07) is 2.57. The number of benzene rings is 1. The summed E-state index contributed by atoms with van der Waals surface area (Å²) in [4.78, 5) is 5.12. The van der Waals surface area contributed by atoms with Crippen molar-refractivity contribution in [2.75, 3.05) is 39.8 Å². The topological polar surface area (TPSA) is 6.48 Å². The molecule has 126 valence electrons. The van der Waals surface area contributed by atoms with Crippen LogP contribution in [0, 0.1) is 0 Å². The molecule has 1 aromatic carbocycles. The van der Waals surface area contributed by atoms with Gasteiger partial charge in [0.05, 0.1) is 0 Å². The van der Waals surface area contributed by atoms with Gasteiger partial charge in [-0.15, -0.1) is 0 Å². The Morgan fingerprint density at radius 3 is 2.13 bits per heavy atom. The summed E-state index contributed by atoms with van der Waals surface area (Å²) in [6.45, 7) is 6.35. The van der Waals surface area contributed by atoms with Crippen molar-refractivity contribution < 1.29 is 0 Å². The number of aryl methyl sites for hydroxylation is 2. The van der Waals surface area contributed by atoms with E-state index in [0.717, 1.165) is 0 Å². The summed E-state index contributed by atoms with van der Waals surface area (Å²) in [7, 11) is 2.24. The lowest BCUT2D eigenvalue weighted by atomic mass is 9.91. The smallest absolute Gasteiger partial charge is 0.0110 e. The highest BCUT2D eigenvalue weighted by atomic mass is 15.2. The zero-order valence-electron chi connectivity index (χ0n) is 14.9. The molecule has 0 atom stereocenters. The van der Waals surface area contributed by atoms with Crippen LogP contribution in [0.25, 0.3) is 0 Å². The normalized spacial score (nSPS) is 21.6. The summed E-state index contributed by atoms with van der Waals surface area (Å²) in [5.74, 6) is 0. The summed E-state index contributed by atoms with van der Waals surface area (Å²) in [5, 5.41) is 0. The maximum absolute atomic E-state index is 2.67. The molecule has 1 heterocycles. The number of likely N-dealkylation sites (N-methyl/N-ethyl adjacent to an activating group) is 1. The van der Waals surface area contributed by atoms with Gasteiger partial charge < -0.3 is 9.80 Å². The molecule has 2 aliphatic carbocycles. The number of nitrogens with zero attached hydrogens (tertiary/aromatic N) is 2. The van der Waals surface area contributed by atoms with Gasteiger partial charge in [-0.25, -0.2) is 0 Å². The monoisotopic (exact) mass is 312 g/mol. The number of hydrogen-bond donors (Lipinski definition) is 0. The fourth-order valence-corrected chi connectivity index (χ4v) is 4.94. The van der Waals surface area contributed by atoms with Gasteiger partial charge in [-0.2, -0.15) is 0 Å². The third-order valence-electron chi connectivity index (χ3n) is 6.35. The van der Waals surface area contributed by atoms with Crippen molar-refractivity contribution in [3.05, 3.63) is 33.9 Å². The molecule has 0 radical (unpaired) electrons. The van der Waals surface area contributed by atoms with E-state index in [-0.39, 0.29) is 0 Å². The zero-order valence-corrected chi connectivity index (χ0v) is 14.9. The fourth-order valence-electron chi connectivity index (χ4n) is 4.94. The van der Waals surface area contributed by atoms with Crippen LogP contribution in [-0.2, 0) is 32.1 Å². The molecule has 1 aromatic rings. The minimum absolute atomic E-state index is 1.25. The molecule has 2 heteroatoms. The van der Waals surface area contributed by atoms with E-state index in [1.807, 2.05) is 0 Å². The Balaban J connectivity index is 1.35. The first kappa shape index (κ1) is 15.7. The van der Waals surface area contributed by atoms with Crippen LogP contribution in [-0.4, -0.2) is 49.6 Å². The first-order valence-electron chi connectivity index (χ1n) is 9.87. The molecule has 23 heavy (non-hydrogen) atoms. The van der Waals surface area contributed by atoms with E-state index >= 15 is 0 Å². The fraction of sp³-hybridized carbons (Fsp3) is 0.714. The van der Waals surface area contributed by atoms with Crippen LogP contribution >= 0.6 is 0 Å². The predicted molar refractivity (Wildman–Crippen MR) is 97.4 cm³/mol. The highest BCUT2D eigenvalue weighted by Gasteiger charge is 2.23. The lowest BCUT2D eigenvalue weighted by Gasteiger charge is -2.32. The summed E-state index contributed by atoms with van der Waals surface area (Å²) < 4.78 is 0. The second kappa shape index (κ2) is 6.94. The van der Waals surface area contributed by atoms with Crippen molar-refractivity contribution in [3.63, 3.8) is 0 Å². The molecule has 1 fully saturated rings. The van der Waals surface area contributed by atoms with Crippen molar-refractivity contribution in [1.29, 1.82) is 0 Å². The Labute approximate surface area is 141 Å². The summed E-state index contributed by atoms with van der Waals surface area (Å²) >= 11 is 0. The molecular weight excluding hydrogens is 280 g/mol. The molecule has 2 nitrogen and oxygen atoms in total. The van der Waals surface area contributed by atoms with E-state index < -0.39 is 0 Å². The van der Waals surface area contributed by atoms with Crippen LogP contribution in [0.2, 0.25) is 0 Å². The summed E-state index contributed by atoms with van der Waals surface area (Å²) in [5.41, 5.74) is 8.75. The molecule has 0 saturated carbocycles. The second-order valence-corrected chi connectivity index (χ2v) is 7.94. The van der Waals surface area contributed by atoms with Gasteiger partial charge in [-0.05, 0) is 99.2 Å². The van der Waals surface area contributed by atoms with Crippen LogP contribution < -0.4 is 0 Å². The molecule has 0 aromatic heterocycles. The Bertz CT molecular complexity index is 523. The number of fused-ring (bicyclic) bond motifs is 2. The first-order valence-corrected chi connectivity index (χ1v) is 9.87. The minimum atomic E-state index is 1.25. The van der Waals surface area contributed by atoms with Gasteiger partial charge in [-0.3, -0.25) is 0 Å². The third-order valence-corrected chi connectivity index (χ3v) is 6.35. The Morgan fingerprint density at radius 2 is 1.48 bits per heavy atom. The quantitative estimate of drug-likeness (QED) is 0.770. The number of hydrogen-bond acceptors (Lipinski definition) is 2.